The molecule has 4 heteroatoms. The van der Waals surface area contributed by atoms with Crippen LogP contribution in [-0.2, 0) is 0 Å². The van der Waals surface area contributed by atoms with Crippen molar-refractivity contribution in [2.24, 2.45) is 10.8 Å². The Morgan fingerprint density at radius 1 is 1.29 bits per heavy atom. The van der Waals surface area contributed by atoms with Gasteiger partial charge in [-0.05, 0) is 43.2 Å². The SMILES string of the molecule is CC(C)(C)C1N(C(=O)O)CCC12CCNCC2. The van der Waals surface area contributed by atoms with Gasteiger partial charge in [0, 0.05) is 12.6 Å². The molecule has 2 saturated heterocycles. The molecule has 0 aromatic heterocycles. The first-order chi connectivity index (χ1) is 7.87. The van der Waals surface area contributed by atoms with Crippen LogP contribution in [0, 0.1) is 10.8 Å². The van der Waals surface area contributed by atoms with E-state index in [2.05, 4.69) is 26.1 Å². The van der Waals surface area contributed by atoms with E-state index in [-0.39, 0.29) is 16.9 Å². The highest BCUT2D eigenvalue weighted by atomic mass is 16.4. The molecule has 98 valence electrons. The third-order valence-electron chi connectivity index (χ3n) is 4.41. The van der Waals surface area contributed by atoms with Crippen LogP contribution in [0.2, 0.25) is 0 Å². The molecule has 1 atom stereocenters. The van der Waals surface area contributed by atoms with Crippen LogP contribution in [0.25, 0.3) is 0 Å². The van der Waals surface area contributed by atoms with Crippen molar-refractivity contribution in [2.75, 3.05) is 19.6 Å². The largest absolute Gasteiger partial charge is 0.465 e. The van der Waals surface area contributed by atoms with Gasteiger partial charge in [0.2, 0.25) is 0 Å². The second-order valence-electron chi connectivity index (χ2n) is 6.61. The Labute approximate surface area is 103 Å². The molecule has 2 N–H and O–H groups in total. The van der Waals surface area contributed by atoms with E-state index in [4.69, 9.17) is 0 Å². The summed E-state index contributed by atoms with van der Waals surface area (Å²) < 4.78 is 0. The first kappa shape index (κ1) is 12.7. The highest BCUT2D eigenvalue weighted by molar-refractivity contribution is 5.66. The zero-order chi connectivity index (χ0) is 12.7. The highest BCUT2D eigenvalue weighted by Crippen LogP contribution is 2.50. The summed E-state index contributed by atoms with van der Waals surface area (Å²) in [6.07, 6.45) is 2.50. The second-order valence-corrected chi connectivity index (χ2v) is 6.61. The Kier molecular flexibility index (Phi) is 3.10. The summed E-state index contributed by atoms with van der Waals surface area (Å²) in [5.74, 6) is 0. The van der Waals surface area contributed by atoms with Gasteiger partial charge in [0.15, 0.2) is 0 Å². The van der Waals surface area contributed by atoms with Crippen LogP contribution in [0.15, 0.2) is 0 Å². The molecule has 2 heterocycles. The highest BCUT2D eigenvalue weighted by Gasteiger charge is 2.53. The van der Waals surface area contributed by atoms with Crippen molar-refractivity contribution in [1.82, 2.24) is 10.2 Å². The van der Waals surface area contributed by atoms with Crippen LogP contribution in [-0.4, -0.2) is 41.8 Å². The molecule has 0 aromatic carbocycles. The third kappa shape index (κ3) is 2.15. The van der Waals surface area contributed by atoms with Crippen molar-refractivity contribution in [2.45, 2.75) is 46.1 Å². The summed E-state index contributed by atoms with van der Waals surface area (Å²) >= 11 is 0. The maximum Gasteiger partial charge on any atom is 0.407 e. The van der Waals surface area contributed by atoms with E-state index in [1.165, 1.54) is 0 Å². The maximum atomic E-state index is 11.4. The predicted octanol–water partition coefficient (Wildman–Crippen LogP) is 2.15. The summed E-state index contributed by atoms with van der Waals surface area (Å²) in [6, 6.07) is 0.162. The van der Waals surface area contributed by atoms with Crippen LogP contribution >= 0.6 is 0 Å². The molecule has 0 bridgehead atoms. The summed E-state index contributed by atoms with van der Waals surface area (Å²) in [6.45, 7) is 9.27. The van der Waals surface area contributed by atoms with Crippen LogP contribution in [0.1, 0.15) is 40.0 Å². The molecule has 1 amide bonds. The number of nitrogens with zero attached hydrogens (tertiary/aromatic N) is 1. The molecule has 2 aliphatic rings. The summed E-state index contributed by atoms with van der Waals surface area (Å²) in [7, 11) is 0. The lowest BCUT2D eigenvalue weighted by Crippen LogP contribution is -2.53. The number of carbonyl (C=O) groups is 1. The fourth-order valence-corrected chi connectivity index (χ4v) is 3.98. The van der Waals surface area contributed by atoms with Crippen molar-refractivity contribution in [3.63, 3.8) is 0 Å². The fourth-order valence-electron chi connectivity index (χ4n) is 3.98. The van der Waals surface area contributed by atoms with Crippen molar-refractivity contribution in [1.29, 1.82) is 0 Å². The third-order valence-corrected chi connectivity index (χ3v) is 4.41. The lowest BCUT2D eigenvalue weighted by molar-refractivity contribution is 0.0354. The van der Waals surface area contributed by atoms with Gasteiger partial charge in [0.05, 0.1) is 0 Å². The van der Waals surface area contributed by atoms with Crippen LogP contribution in [0.3, 0.4) is 0 Å². The van der Waals surface area contributed by atoms with E-state index >= 15 is 0 Å². The quantitative estimate of drug-likeness (QED) is 0.682. The molecular weight excluding hydrogens is 216 g/mol. The number of hydrogen-bond donors (Lipinski definition) is 2. The van der Waals surface area contributed by atoms with Gasteiger partial charge in [-0.3, -0.25) is 0 Å². The molecule has 0 saturated carbocycles. The molecule has 2 fully saturated rings. The predicted molar refractivity (Wildman–Crippen MR) is 67.1 cm³/mol. The minimum Gasteiger partial charge on any atom is -0.465 e. The van der Waals surface area contributed by atoms with Crippen molar-refractivity contribution < 1.29 is 9.90 Å². The van der Waals surface area contributed by atoms with Crippen molar-refractivity contribution >= 4 is 6.09 Å². The number of amides is 1. The Morgan fingerprint density at radius 3 is 2.35 bits per heavy atom. The average Bonchev–Trinajstić information content (AvgIpc) is 2.58. The second kappa shape index (κ2) is 4.16. The molecule has 1 unspecified atom stereocenters. The monoisotopic (exact) mass is 240 g/mol. The van der Waals surface area contributed by atoms with E-state index < -0.39 is 6.09 Å². The van der Waals surface area contributed by atoms with Gasteiger partial charge < -0.3 is 15.3 Å². The number of likely N-dealkylation sites (tertiary alicyclic amines) is 1. The smallest absolute Gasteiger partial charge is 0.407 e. The molecule has 2 rings (SSSR count). The summed E-state index contributed by atoms with van der Waals surface area (Å²) in [4.78, 5) is 13.1. The fraction of sp³-hybridized carbons (Fsp3) is 0.923. The molecule has 0 aliphatic carbocycles. The van der Waals surface area contributed by atoms with Gasteiger partial charge in [0.25, 0.3) is 0 Å². The standard InChI is InChI=1S/C13H24N2O2/c1-12(2,3)10-13(4-7-14-8-5-13)6-9-15(10)11(16)17/h10,14H,4-9H2,1-3H3,(H,16,17). The van der Waals surface area contributed by atoms with E-state index in [0.717, 1.165) is 32.4 Å². The zero-order valence-electron chi connectivity index (χ0n) is 11.1. The normalized spacial score (nSPS) is 28.6. The van der Waals surface area contributed by atoms with Crippen molar-refractivity contribution in [3.05, 3.63) is 0 Å². The number of carboxylic acid groups (broad SMARTS) is 1. The van der Waals surface area contributed by atoms with Gasteiger partial charge in [0.1, 0.15) is 0 Å². The first-order valence-electron chi connectivity index (χ1n) is 6.57. The minimum absolute atomic E-state index is 0.0201. The van der Waals surface area contributed by atoms with E-state index in [1.54, 1.807) is 4.90 Å². The molecular formula is C13H24N2O2. The Balaban J connectivity index is 2.30. The van der Waals surface area contributed by atoms with Gasteiger partial charge >= 0.3 is 6.09 Å². The van der Waals surface area contributed by atoms with Crippen LogP contribution < -0.4 is 5.32 Å². The van der Waals surface area contributed by atoms with Gasteiger partial charge in [-0.2, -0.15) is 0 Å². The number of rotatable bonds is 0. The van der Waals surface area contributed by atoms with Crippen LogP contribution in [0.4, 0.5) is 4.79 Å². The first-order valence-corrected chi connectivity index (χ1v) is 6.57. The number of hydrogen-bond acceptors (Lipinski definition) is 2. The van der Waals surface area contributed by atoms with E-state index in [1.807, 2.05) is 0 Å². The topological polar surface area (TPSA) is 52.6 Å². The van der Waals surface area contributed by atoms with Crippen LogP contribution in [0.5, 0.6) is 0 Å². The maximum absolute atomic E-state index is 11.4. The van der Waals surface area contributed by atoms with E-state index in [9.17, 15) is 9.90 Å². The molecule has 4 nitrogen and oxygen atoms in total. The lowest BCUT2D eigenvalue weighted by atomic mass is 9.65. The van der Waals surface area contributed by atoms with Crippen molar-refractivity contribution in [3.8, 4) is 0 Å². The van der Waals surface area contributed by atoms with Gasteiger partial charge in [-0.1, -0.05) is 20.8 Å². The van der Waals surface area contributed by atoms with Gasteiger partial charge in [-0.25, -0.2) is 4.79 Å². The zero-order valence-corrected chi connectivity index (χ0v) is 11.1. The molecule has 2 aliphatic heterocycles. The Hall–Kier alpha value is -0.770. The molecule has 0 aromatic rings. The minimum atomic E-state index is -0.750. The summed E-state index contributed by atoms with van der Waals surface area (Å²) in [5, 5.41) is 12.8. The molecule has 1 spiro atoms. The van der Waals surface area contributed by atoms with Gasteiger partial charge in [-0.15, -0.1) is 0 Å². The molecule has 0 radical (unpaired) electrons. The molecule has 17 heavy (non-hydrogen) atoms. The summed E-state index contributed by atoms with van der Waals surface area (Å²) in [5.41, 5.74) is 0.230. The number of nitrogens with one attached hydrogen (secondary N) is 1. The van der Waals surface area contributed by atoms with E-state index in [0.29, 0.717) is 6.54 Å². The average molecular weight is 240 g/mol. The Morgan fingerprint density at radius 2 is 1.88 bits per heavy atom. The Bertz CT molecular complexity index is 303. The number of piperidine rings is 1. The lowest BCUT2D eigenvalue weighted by Gasteiger charge is -2.47.